The minimum absolute atomic E-state index is 0.455. The molecule has 1 fully saturated rings. The number of likely N-dealkylation sites (tertiary alicyclic amines) is 1. The van der Waals surface area contributed by atoms with E-state index >= 15 is 0 Å². The quantitative estimate of drug-likeness (QED) is 0.537. The van der Waals surface area contributed by atoms with E-state index in [0.717, 1.165) is 19.3 Å². The van der Waals surface area contributed by atoms with Gasteiger partial charge in [0.05, 0.1) is 12.1 Å². The van der Waals surface area contributed by atoms with E-state index in [2.05, 4.69) is 0 Å². The van der Waals surface area contributed by atoms with Gasteiger partial charge >= 0.3 is 0 Å². The molecule has 1 heterocycles. The van der Waals surface area contributed by atoms with Crippen molar-refractivity contribution in [1.29, 1.82) is 0 Å². The second-order valence-corrected chi connectivity index (χ2v) is 3.15. The fourth-order valence-corrected chi connectivity index (χ4v) is 1.30. The first-order chi connectivity index (χ1) is 4.64. The zero-order chi connectivity index (χ0) is 7.61. The van der Waals surface area contributed by atoms with Crippen molar-refractivity contribution in [3.05, 3.63) is 0 Å². The normalized spacial score (nSPS) is 34.6. The topological polar surface area (TPSA) is 40.5 Å². The van der Waals surface area contributed by atoms with Crippen LogP contribution in [0.25, 0.3) is 0 Å². The molecule has 0 aromatic carbocycles. The Balaban J connectivity index is 2.35. The summed E-state index contributed by atoms with van der Waals surface area (Å²) in [5.74, 6) is 0. The van der Waals surface area contributed by atoms with Crippen molar-refractivity contribution in [2.24, 2.45) is 0 Å². The van der Waals surface area contributed by atoms with E-state index in [0.29, 0.717) is 13.1 Å². The van der Waals surface area contributed by atoms with E-state index in [1.807, 2.05) is 4.90 Å². The molecule has 1 N–H and O–H groups in total. The van der Waals surface area contributed by atoms with Crippen LogP contribution in [0.15, 0.2) is 0 Å². The molecule has 1 aliphatic heterocycles. The maximum Gasteiger partial charge on any atom is 0.133 e. The lowest BCUT2D eigenvalue weighted by Crippen LogP contribution is -2.30. The number of nitrogens with zero attached hydrogens (tertiary/aromatic N) is 1. The molecular formula is C7H13NO2. The van der Waals surface area contributed by atoms with Crippen LogP contribution in [0.4, 0.5) is 0 Å². The SMILES string of the molecule is CC1(O)CCN(CC=O)C1. The highest BCUT2D eigenvalue weighted by Gasteiger charge is 2.30. The van der Waals surface area contributed by atoms with Crippen LogP contribution in [0, 0.1) is 0 Å². The predicted molar refractivity (Wildman–Crippen MR) is 37.7 cm³/mol. The van der Waals surface area contributed by atoms with Gasteiger partial charge in [0, 0.05) is 13.1 Å². The third-order valence-electron chi connectivity index (χ3n) is 1.86. The van der Waals surface area contributed by atoms with Gasteiger partial charge in [-0.3, -0.25) is 4.90 Å². The van der Waals surface area contributed by atoms with Crippen LogP contribution in [-0.4, -0.2) is 41.5 Å². The minimum atomic E-state index is -0.566. The molecule has 1 saturated heterocycles. The molecule has 58 valence electrons. The molecule has 1 aliphatic rings. The summed E-state index contributed by atoms with van der Waals surface area (Å²) in [4.78, 5) is 12.0. The van der Waals surface area contributed by atoms with Crippen LogP contribution < -0.4 is 0 Å². The summed E-state index contributed by atoms with van der Waals surface area (Å²) >= 11 is 0. The minimum Gasteiger partial charge on any atom is -0.389 e. The second-order valence-electron chi connectivity index (χ2n) is 3.15. The molecule has 1 unspecified atom stereocenters. The summed E-state index contributed by atoms with van der Waals surface area (Å²) in [6.07, 6.45) is 1.65. The van der Waals surface area contributed by atoms with Crippen molar-refractivity contribution >= 4 is 6.29 Å². The molecule has 0 bridgehead atoms. The second kappa shape index (κ2) is 2.68. The Kier molecular flexibility index (Phi) is 2.06. The Hall–Kier alpha value is -0.410. The summed E-state index contributed by atoms with van der Waals surface area (Å²) in [5.41, 5.74) is -0.566. The molecular weight excluding hydrogens is 130 g/mol. The van der Waals surface area contributed by atoms with Crippen molar-refractivity contribution in [1.82, 2.24) is 4.90 Å². The van der Waals surface area contributed by atoms with E-state index in [9.17, 15) is 9.90 Å². The van der Waals surface area contributed by atoms with Gasteiger partial charge in [-0.1, -0.05) is 0 Å². The van der Waals surface area contributed by atoms with Crippen molar-refractivity contribution < 1.29 is 9.90 Å². The first kappa shape index (κ1) is 7.69. The number of hydrogen-bond donors (Lipinski definition) is 1. The van der Waals surface area contributed by atoms with Gasteiger partial charge in [-0.05, 0) is 13.3 Å². The maximum absolute atomic E-state index is 10.0. The molecule has 0 saturated carbocycles. The van der Waals surface area contributed by atoms with Crippen LogP contribution >= 0.6 is 0 Å². The number of carbonyl (C=O) groups is 1. The highest BCUT2D eigenvalue weighted by molar-refractivity contribution is 5.52. The molecule has 0 aromatic heterocycles. The molecule has 1 rings (SSSR count). The zero-order valence-electron chi connectivity index (χ0n) is 6.21. The van der Waals surface area contributed by atoms with E-state index in [1.165, 1.54) is 0 Å². The summed E-state index contributed by atoms with van der Waals surface area (Å²) in [5, 5.41) is 9.43. The lowest BCUT2D eigenvalue weighted by atomic mass is 10.1. The first-order valence-corrected chi connectivity index (χ1v) is 3.52. The number of aldehydes is 1. The summed E-state index contributed by atoms with van der Waals surface area (Å²) in [6, 6.07) is 0. The van der Waals surface area contributed by atoms with Gasteiger partial charge in [0.2, 0.25) is 0 Å². The zero-order valence-corrected chi connectivity index (χ0v) is 6.21. The average Bonchev–Trinajstić information content (AvgIpc) is 2.12. The van der Waals surface area contributed by atoms with E-state index in [4.69, 9.17) is 0 Å². The van der Waals surface area contributed by atoms with E-state index in [-0.39, 0.29) is 0 Å². The summed E-state index contributed by atoms with van der Waals surface area (Å²) in [7, 11) is 0. The first-order valence-electron chi connectivity index (χ1n) is 3.52. The van der Waals surface area contributed by atoms with E-state index < -0.39 is 5.60 Å². The predicted octanol–water partition coefficient (Wildman–Crippen LogP) is -0.358. The maximum atomic E-state index is 10.0. The van der Waals surface area contributed by atoms with Gasteiger partial charge in [-0.2, -0.15) is 0 Å². The van der Waals surface area contributed by atoms with Gasteiger partial charge in [-0.25, -0.2) is 0 Å². The number of aliphatic hydroxyl groups is 1. The molecule has 10 heavy (non-hydrogen) atoms. The Morgan fingerprint density at radius 2 is 2.50 bits per heavy atom. The number of hydrogen-bond acceptors (Lipinski definition) is 3. The largest absolute Gasteiger partial charge is 0.389 e. The molecule has 0 radical (unpaired) electrons. The van der Waals surface area contributed by atoms with Crippen LogP contribution in [0.2, 0.25) is 0 Å². The van der Waals surface area contributed by atoms with Crippen LogP contribution in [0.3, 0.4) is 0 Å². The van der Waals surface area contributed by atoms with Crippen LogP contribution in [0.5, 0.6) is 0 Å². The summed E-state index contributed by atoms with van der Waals surface area (Å²) in [6.45, 7) is 3.73. The van der Waals surface area contributed by atoms with Crippen molar-refractivity contribution in [2.75, 3.05) is 19.6 Å². The van der Waals surface area contributed by atoms with Crippen LogP contribution in [-0.2, 0) is 4.79 Å². The fraction of sp³-hybridized carbons (Fsp3) is 0.857. The van der Waals surface area contributed by atoms with Gasteiger partial charge in [0.15, 0.2) is 0 Å². The van der Waals surface area contributed by atoms with Crippen molar-refractivity contribution in [2.45, 2.75) is 18.9 Å². The van der Waals surface area contributed by atoms with Gasteiger partial charge in [0.25, 0.3) is 0 Å². The standard InChI is InChI=1S/C7H13NO2/c1-7(10)2-3-8(6-7)4-5-9/h5,10H,2-4,6H2,1H3. The summed E-state index contributed by atoms with van der Waals surface area (Å²) < 4.78 is 0. The van der Waals surface area contributed by atoms with Gasteiger partial charge in [0.1, 0.15) is 6.29 Å². The number of β-amino-alcohol motifs (C(OH)–C–C–N with tert-alkyl or cyclic N) is 1. The van der Waals surface area contributed by atoms with E-state index in [1.54, 1.807) is 6.92 Å². The average molecular weight is 143 g/mol. The third kappa shape index (κ3) is 1.78. The monoisotopic (exact) mass is 143 g/mol. The molecule has 0 aliphatic carbocycles. The third-order valence-corrected chi connectivity index (χ3v) is 1.86. The Labute approximate surface area is 60.6 Å². The molecule has 3 nitrogen and oxygen atoms in total. The Morgan fingerprint density at radius 1 is 1.80 bits per heavy atom. The lowest BCUT2D eigenvalue weighted by Gasteiger charge is -2.16. The molecule has 0 amide bonds. The molecule has 1 atom stereocenters. The van der Waals surface area contributed by atoms with Gasteiger partial charge in [-0.15, -0.1) is 0 Å². The lowest BCUT2D eigenvalue weighted by molar-refractivity contribution is -0.108. The number of rotatable bonds is 2. The van der Waals surface area contributed by atoms with Crippen molar-refractivity contribution in [3.63, 3.8) is 0 Å². The molecule has 0 spiro atoms. The smallest absolute Gasteiger partial charge is 0.133 e. The van der Waals surface area contributed by atoms with Gasteiger partial charge < -0.3 is 9.90 Å². The highest BCUT2D eigenvalue weighted by atomic mass is 16.3. The molecule has 0 aromatic rings. The Bertz CT molecular complexity index is 134. The Morgan fingerprint density at radius 3 is 2.90 bits per heavy atom. The molecule has 3 heteroatoms. The number of carbonyl (C=O) groups excluding carboxylic acids is 1. The van der Waals surface area contributed by atoms with Crippen LogP contribution in [0.1, 0.15) is 13.3 Å². The fourth-order valence-electron chi connectivity index (χ4n) is 1.30. The highest BCUT2D eigenvalue weighted by Crippen LogP contribution is 2.18. The van der Waals surface area contributed by atoms with Crippen molar-refractivity contribution in [3.8, 4) is 0 Å².